The largest absolute Gasteiger partial charge is 0.462 e. The van der Waals surface area contributed by atoms with Gasteiger partial charge < -0.3 is 14.2 Å². The summed E-state index contributed by atoms with van der Waals surface area (Å²) in [5.74, 6) is -0.877. The van der Waals surface area contributed by atoms with Crippen LogP contribution in [0.5, 0.6) is 0 Å². The van der Waals surface area contributed by atoms with Gasteiger partial charge in [0, 0.05) is 19.3 Å². The molecule has 0 fully saturated rings. The van der Waals surface area contributed by atoms with Crippen LogP contribution in [-0.2, 0) is 28.6 Å². The van der Waals surface area contributed by atoms with E-state index in [2.05, 4.69) is 69.4 Å². The Morgan fingerprint density at radius 2 is 0.493 bits per heavy atom. The van der Waals surface area contributed by atoms with Crippen LogP contribution in [-0.4, -0.2) is 37.2 Å². The van der Waals surface area contributed by atoms with E-state index in [0.717, 1.165) is 77.0 Å². The summed E-state index contributed by atoms with van der Waals surface area (Å²) >= 11 is 0. The average molecular weight is 1050 g/mol. The van der Waals surface area contributed by atoms with Crippen molar-refractivity contribution in [3.05, 3.63) is 48.6 Å². The number of hydrogen-bond acceptors (Lipinski definition) is 6. The number of ether oxygens (including phenoxy) is 3. The molecule has 0 aromatic heterocycles. The molecule has 0 saturated heterocycles. The molecule has 0 aliphatic rings. The molecule has 0 aromatic carbocycles. The Labute approximate surface area is 467 Å². The first kappa shape index (κ1) is 72.4. The summed E-state index contributed by atoms with van der Waals surface area (Å²) in [4.78, 5) is 38.1. The monoisotopic (exact) mass is 1050 g/mol. The van der Waals surface area contributed by atoms with Crippen LogP contribution in [0.25, 0.3) is 0 Å². The fourth-order valence-electron chi connectivity index (χ4n) is 9.75. The van der Waals surface area contributed by atoms with E-state index in [-0.39, 0.29) is 31.1 Å². The van der Waals surface area contributed by atoms with Crippen molar-refractivity contribution in [1.29, 1.82) is 0 Å². The van der Waals surface area contributed by atoms with Gasteiger partial charge in [0.2, 0.25) is 0 Å². The first-order valence-electron chi connectivity index (χ1n) is 33.1. The van der Waals surface area contributed by atoms with Crippen LogP contribution in [0.15, 0.2) is 48.6 Å². The first-order chi connectivity index (χ1) is 37.0. The number of hydrogen-bond donors (Lipinski definition) is 0. The fourth-order valence-corrected chi connectivity index (χ4v) is 9.75. The van der Waals surface area contributed by atoms with E-state index in [9.17, 15) is 14.4 Å². The van der Waals surface area contributed by atoms with Gasteiger partial charge in [-0.05, 0) is 96.3 Å². The predicted molar refractivity (Wildman–Crippen MR) is 325 cm³/mol. The minimum atomic E-state index is -0.778. The van der Waals surface area contributed by atoms with Gasteiger partial charge in [0.1, 0.15) is 13.2 Å². The Bertz CT molecular complexity index is 1300. The van der Waals surface area contributed by atoms with Crippen molar-refractivity contribution in [3.8, 4) is 0 Å². The van der Waals surface area contributed by atoms with Crippen LogP contribution in [0.3, 0.4) is 0 Å². The molecular formula is C69H126O6. The van der Waals surface area contributed by atoms with Crippen molar-refractivity contribution in [2.45, 2.75) is 361 Å². The van der Waals surface area contributed by atoms with E-state index in [1.807, 2.05) is 0 Å². The molecule has 75 heavy (non-hydrogen) atoms. The van der Waals surface area contributed by atoms with Gasteiger partial charge in [0.25, 0.3) is 0 Å². The maximum atomic E-state index is 12.8. The molecule has 0 amide bonds. The molecule has 6 heteroatoms. The topological polar surface area (TPSA) is 78.9 Å². The van der Waals surface area contributed by atoms with Crippen LogP contribution in [0.1, 0.15) is 355 Å². The summed E-state index contributed by atoms with van der Waals surface area (Å²) in [5.41, 5.74) is 0. The maximum Gasteiger partial charge on any atom is 0.306 e. The summed E-state index contributed by atoms with van der Waals surface area (Å²) in [5, 5.41) is 0. The molecule has 0 N–H and O–H groups in total. The van der Waals surface area contributed by atoms with Crippen LogP contribution in [0, 0.1) is 0 Å². The molecule has 0 spiro atoms. The highest BCUT2D eigenvalue weighted by atomic mass is 16.6. The predicted octanol–water partition coefficient (Wildman–Crippen LogP) is 22.6. The molecule has 1 unspecified atom stereocenters. The SMILES string of the molecule is CCCC/C=C\CCCCCCCC(=O)OCC(COC(=O)CCCCCCCCCCCCCCCCCCCCCCC/C=C\C/C=C\CCCCCCC)OC(=O)CCCCCCC/C=C\CCCCCC. The minimum Gasteiger partial charge on any atom is -0.462 e. The standard InChI is InChI=1S/C69H126O6/c1-4-7-10-13-16-19-22-24-25-26-27-28-29-30-31-32-33-34-35-36-37-38-39-40-41-42-43-45-47-50-53-56-59-62-68(71)74-65-66(64-73-67(70)61-58-55-52-49-46-21-18-15-12-9-6-3)75-69(72)63-60-57-54-51-48-44-23-20-17-14-11-8-5-2/h15,18,20,22-24,26-27,66H,4-14,16-17,19,21,25,28-65H2,1-3H3/b18-15-,23-20-,24-22-,27-26-. The van der Waals surface area contributed by atoms with Crippen LogP contribution >= 0.6 is 0 Å². The van der Waals surface area contributed by atoms with Gasteiger partial charge in [-0.3, -0.25) is 14.4 Å². The van der Waals surface area contributed by atoms with Crippen molar-refractivity contribution < 1.29 is 28.6 Å². The Morgan fingerprint density at radius 3 is 0.800 bits per heavy atom. The highest BCUT2D eigenvalue weighted by Gasteiger charge is 2.19. The van der Waals surface area contributed by atoms with Gasteiger partial charge in [-0.1, -0.05) is 288 Å². The van der Waals surface area contributed by atoms with Crippen LogP contribution < -0.4 is 0 Å². The normalized spacial score (nSPS) is 12.3. The lowest BCUT2D eigenvalue weighted by molar-refractivity contribution is -0.167. The second-order valence-electron chi connectivity index (χ2n) is 22.4. The molecule has 0 heterocycles. The zero-order valence-electron chi connectivity index (χ0n) is 50.3. The fraction of sp³-hybridized carbons (Fsp3) is 0.841. The molecule has 6 nitrogen and oxygen atoms in total. The van der Waals surface area contributed by atoms with Crippen molar-refractivity contribution in [2.75, 3.05) is 13.2 Å². The number of carbonyl (C=O) groups excluding carboxylic acids is 3. The molecule has 0 saturated carbocycles. The molecule has 1 atom stereocenters. The van der Waals surface area contributed by atoms with Crippen LogP contribution in [0.2, 0.25) is 0 Å². The van der Waals surface area contributed by atoms with Crippen molar-refractivity contribution in [2.24, 2.45) is 0 Å². The van der Waals surface area contributed by atoms with E-state index in [4.69, 9.17) is 14.2 Å². The zero-order valence-corrected chi connectivity index (χ0v) is 50.3. The Morgan fingerprint density at radius 1 is 0.267 bits per heavy atom. The van der Waals surface area contributed by atoms with Crippen molar-refractivity contribution >= 4 is 17.9 Å². The Balaban J connectivity index is 4.03. The summed E-state index contributed by atoms with van der Waals surface area (Å²) in [7, 11) is 0. The number of allylic oxidation sites excluding steroid dienone is 8. The van der Waals surface area contributed by atoms with E-state index < -0.39 is 6.10 Å². The van der Waals surface area contributed by atoms with E-state index in [1.54, 1.807) is 0 Å². The lowest BCUT2D eigenvalue weighted by atomic mass is 10.0. The average Bonchev–Trinajstić information content (AvgIpc) is 3.41. The number of rotatable bonds is 61. The van der Waals surface area contributed by atoms with Gasteiger partial charge in [-0.2, -0.15) is 0 Å². The Hall–Kier alpha value is -2.63. The maximum absolute atomic E-state index is 12.8. The van der Waals surface area contributed by atoms with E-state index >= 15 is 0 Å². The van der Waals surface area contributed by atoms with Crippen LogP contribution in [0.4, 0.5) is 0 Å². The summed E-state index contributed by atoms with van der Waals surface area (Å²) in [6.07, 6.45) is 80.1. The summed E-state index contributed by atoms with van der Waals surface area (Å²) < 4.78 is 16.9. The lowest BCUT2D eigenvalue weighted by Gasteiger charge is -2.18. The third-order valence-electron chi connectivity index (χ3n) is 14.8. The third-order valence-corrected chi connectivity index (χ3v) is 14.8. The van der Waals surface area contributed by atoms with Gasteiger partial charge in [-0.15, -0.1) is 0 Å². The molecular weight excluding hydrogens is 925 g/mol. The molecule has 0 aliphatic heterocycles. The van der Waals surface area contributed by atoms with Gasteiger partial charge >= 0.3 is 17.9 Å². The molecule has 0 aromatic rings. The Kier molecular flexibility index (Phi) is 61.7. The van der Waals surface area contributed by atoms with Gasteiger partial charge in [0.05, 0.1) is 0 Å². The zero-order chi connectivity index (χ0) is 54.3. The molecule has 0 bridgehead atoms. The second kappa shape index (κ2) is 63.9. The summed E-state index contributed by atoms with van der Waals surface area (Å²) in [6, 6.07) is 0. The number of carbonyl (C=O) groups is 3. The summed E-state index contributed by atoms with van der Waals surface area (Å²) in [6.45, 7) is 6.60. The first-order valence-corrected chi connectivity index (χ1v) is 33.1. The number of esters is 3. The van der Waals surface area contributed by atoms with Gasteiger partial charge in [-0.25, -0.2) is 0 Å². The van der Waals surface area contributed by atoms with Gasteiger partial charge in [0.15, 0.2) is 6.10 Å². The van der Waals surface area contributed by atoms with E-state index in [1.165, 1.54) is 238 Å². The van der Waals surface area contributed by atoms with Crippen molar-refractivity contribution in [3.63, 3.8) is 0 Å². The quantitative estimate of drug-likeness (QED) is 0.0261. The molecule has 0 rings (SSSR count). The third kappa shape index (κ3) is 62.1. The smallest absolute Gasteiger partial charge is 0.306 e. The molecule has 0 radical (unpaired) electrons. The van der Waals surface area contributed by atoms with E-state index in [0.29, 0.717) is 19.3 Å². The molecule has 438 valence electrons. The molecule has 0 aliphatic carbocycles. The highest BCUT2D eigenvalue weighted by molar-refractivity contribution is 5.71. The second-order valence-corrected chi connectivity index (χ2v) is 22.4. The number of unbranched alkanes of at least 4 members (excludes halogenated alkanes) is 42. The highest BCUT2D eigenvalue weighted by Crippen LogP contribution is 2.17. The minimum absolute atomic E-state index is 0.0753. The lowest BCUT2D eigenvalue weighted by Crippen LogP contribution is -2.30. The van der Waals surface area contributed by atoms with Crippen molar-refractivity contribution in [1.82, 2.24) is 0 Å².